The fourth-order valence-electron chi connectivity index (χ4n) is 2.56. The summed E-state index contributed by atoms with van der Waals surface area (Å²) in [7, 11) is 4.98. The topological polar surface area (TPSA) is 102 Å². The predicted molar refractivity (Wildman–Crippen MR) is 104 cm³/mol. The van der Waals surface area contributed by atoms with Gasteiger partial charge in [0.25, 0.3) is 0 Å². The fourth-order valence-corrected chi connectivity index (χ4v) is 2.56. The van der Waals surface area contributed by atoms with E-state index in [2.05, 4.69) is 26.0 Å². The Balaban J connectivity index is 2.01. The van der Waals surface area contributed by atoms with Gasteiger partial charge in [0, 0.05) is 43.4 Å². The molecule has 0 saturated heterocycles. The molecule has 0 saturated carbocycles. The Morgan fingerprint density at radius 1 is 1.15 bits per heavy atom. The van der Waals surface area contributed by atoms with Crippen LogP contribution in [0.15, 0.2) is 30.5 Å². The molecule has 1 aromatic carbocycles. The Kier molecular flexibility index (Phi) is 5.30. The number of anilines is 4. The summed E-state index contributed by atoms with van der Waals surface area (Å²) in [6.45, 7) is 1.79. The van der Waals surface area contributed by atoms with Gasteiger partial charge in [0.15, 0.2) is 5.65 Å². The summed E-state index contributed by atoms with van der Waals surface area (Å²) in [5, 5.41) is 13.4. The molecule has 0 unspecified atom stereocenters. The van der Waals surface area contributed by atoms with Gasteiger partial charge < -0.3 is 25.4 Å². The molecule has 0 atom stereocenters. The van der Waals surface area contributed by atoms with E-state index in [4.69, 9.17) is 9.47 Å². The van der Waals surface area contributed by atoms with Gasteiger partial charge in [-0.15, -0.1) is 0 Å². The molecule has 0 spiro atoms. The van der Waals surface area contributed by atoms with E-state index >= 15 is 0 Å². The highest BCUT2D eigenvalue weighted by Crippen LogP contribution is 2.29. The van der Waals surface area contributed by atoms with Crippen molar-refractivity contribution in [1.29, 1.82) is 0 Å². The third-order valence-electron chi connectivity index (χ3n) is 3.95. The molecule has 2 heterocycles. The van der Waals surface area contributed by atoms with Crippen LogP contribution in [0.5, 0.6) is 11.5 Å². The number of carbonyl (C=O) groups is 1. The first-order valence-electron chi connectivity index (χ1n) is 8.44. The number of methoxy groups -OCH3 is 2. The summed E-state index contributed by atoms with van der Waals surface area (Å²) in [6, 6.07) is 7.28. The molecule has 0 aliphatic rings. The first-order chi connectivity index (χ1) is 13.1. The maximum absolute atomic E-state index is 11.8. The van der Waals surface area contributed by atoms with Crippen molar-refractivity contribution in [3.05, 3.63) is 30.5 Å². The molecule has 2 aromatic heterocycles. The number of rotatable bonds is 7. The van der Waals surface area contributed by atoms with E-state index in [-0.39, 0.29) is 5.91 Å². The maximum atomic E-state index is 11.8. The summed E-state index contributed by atoms with van der Waals surface area (Å²) >= 11 is 0. The highest BCUT2D eigenvalue weighted by Gasteiger charge is 2.13. The minimum absolute atomic E-state index is 0.103. The van der Waals surface area contributed by atoms with Crippen LogP contribution in [0.3, 0.4) is 0 Å². The highest BCUT2D eigenvalue weighted by atomic mass is 16.5. The normalized spacial score (nSPS) is 10.5. The molecule has 0 fully saturated rings. The van der Waals surface area contributed by atoms with Gasteiger partial charge in [-0.2, -0.15) is 9.61 Å². The number of fused-ring (bicyclic) bond motifs is 1. The number of carbonyl (C=O) groups excluding carboxylic acids is 1. The lowest BCUT2D eigenvalue weighted by Gasteiger charge is -2.12. The Hall–Kier alpha value is -3.49. The van der Waals surface area contributed by atoms with Crippen LogP contribution in [0.1, 0.15) is 13.3 Å². The van der Waals surface area contributed by atoms with Gasteiger partial charge in [-0.1, -0.05) is 6.92 Å². The smallest absolute Gasteiger partial charge is 0.224 e. The molecular weight excluding hydrogens is 348 g/mol. The predicted octanol–water partition coefficient (Wildman–Crippen LogP) is 2.88. The molecule has 3 aromatic rings. The van der Waals surface area contributed by atoms with Crippen LogP contribution in [-0.4, -0.2) is 41.8 Å². The number of hydrogen-bond acceptors (Lipinski definition) is 7. The van der Waals surface area contributed by atoms with Gasteiger partial charge in [-0.05, 0) is 0 Å². The van der Waals surface area contributed by atoms with Crippen molar-refractivity contribution in [2.75, 3.05) is 37.2 Å². The highest BCUT2D eigenvalue weighted by molar-refractivity contribution is 5.94. The van der Waals surface area contributed by atoms with Crippen LogP contribution in [0.2, 0.25) is 0 Å². The van der Waals surface area contributed by atoms with Gasteiger partial charge in [0.2, 0.25) is 5.91 Å². The van der Waals surface area contributed by atoms with E-state index < -0.39 is 0 Å². The van der Waals surface area contributed by atoms with Crippen LogP contribution in [-0.2, 0) is 4.79 Å². The van der Waals surface area contributed by atoms with Crippen molar-refractivity contribution in [3.63, 3.8) is 0 Å². The van der Waals surface area contributed by atoms with Crippen molar-refractivity contribution < 1.29 is 14.3 Å². The Bertz CT molecular complexity index is 947. The summed E-state index contributed by atoms with van der Waals surface area (Å²) in [4.78, 5) is 16.3. The van der Waals surface area contributed by atoms with E-state index in [1.165, 1.54) is 0 Å². The van der Waals surface area contributed by atoms with Crippen LogP contribution >= 0.6 is 0 Å². The first kappa shape index (κ1) is 18.3. The number of benzene rings is 1. The Morgan fingerprint density at radius 3 is 2.44 bits per heavy atom. The van der Waals surface area contributed by atoms with Crippen molar-refractivity contribution in [3.8, 4) is 11.5 Å². The largest absolute Gasteiger partial charge is 0.497 e. The van der Waals surface area contributed by atoms with E-state index in [1.807, 2.05) is 18.2 Å². The van der Waals surface area contributed by atoms with Gasteiger partial charge in [-0.25, -0.2) is 4.98 Å². The minimum atomic E-state index is -0.103. The molecule has 3 N–H and O–H groups in total. The number of nitrogens with one attached hydrogen (secondary N) is 3. The van der Waals surface area contributed by atoms with Crippen LogP contribution in [0.4, 0.5) is 23.0 Å². The Morgan fingerprint density at radius 2 is 1.85 bits per heavy atom. The second kappa shape index (κ2) is 7.81. The summed E-state index contributed by atoms with van der Waals surface area (Å²) in [6.07, 6.45) is 1.95. The standard InChI is InChI=1S/C18H22N6O3/c1-5-17(25)22-14-10-20-24-16(19-2)9-15(23-18(14)24)21-11-6-12(26-3)8-13(7-11)27-4/h6-10,19H,5H2,1-4H3,(H,21,23)(H,22,25). The summed E-state index contributed by atoms with van der Waals surface area (Å²) in [5.41, 5.74) is 1.83. The minimum Gasteiger partial charge on any atom is -0.497 e. The quantitative estimate of drug-likeness (QED) is 0.588. The molecule has 0 bridgehead atoms. The lowest BCUT2D eigenvalue weighted by Crippen LogP contribution is -2.10. The fraction of sp³-hybridized carbons (Fsp3) is 0.278. The zero-order chi connectivity index (χ0) is 19.4. The van der Waals surface area contributed by atoms with E-state index in [9.17, 15) is 4.79 Å². The third-order valence-corrected chi connectivity index (χ3v) is 3.95. The van der Waals surface area contributed by atoms with E-state index in [1.54, 1.807) is 45.0 Å². The summed E-state index contributed by atoms with van der Waals surface area (Å²) < 4.78 is 12.2. The molecule has 9 heteroatoms. The van der Waals surface area contributed by atoms with E-state index in [0.717, 1.165) is 5.69 Å². The second-order valence-corrected chi connectivity index (χ2v) is 5.70. The molecule has 0 aliphatic carbocycles. The average Bonchev–Trinajstić information content (AvgIpc) is 3.09. The van der Waals surface area contributed by atoms with Crippen molar-refractivity contribution in [1.82, 2.24) is 14.6 Å². The monoisotopic (exact) mass is 370 g/mol. The lowest BCUT2D eigenvalue weighted by molar-refractivity contribution is -0.115. The lowest BCUT2D eigenvalue weighted by atomic mass is 10.2. The van der Waals surface area contributed by atoms with Crippen LogP contribution in [0.25, 0.3) is 5.65 Å². The SMILES string of the molecule is CCC(=O)Nc1cnn2c(NC)cc(Nc3cc(OC)cc(OC)c3)nc12. The van der Waals surface area contributed by atoms with E-state index in [0.29, 0.717) is 40.9 Å². The van der Waals surface area contributed by atoms with Crippen molar-refractivity contribution >= 4 is 34.6 Å². The molecule has 0 radical (unpaired) electrons. The maximum Gasteiger partial charge on any atom is 0.224 e. The third kappa shape index (κ3) is 3.86. The van der Waals surface area contributed by atoms with Crippen LogP contribution < -0.4 is 25.4 Å². The molecule has 142 valence electrons. The average molecular weight is 370 g/mol. The van der Waals surface area contributed by atoms with Crippen molar-refractivity contribution in [2.45, 2.75) is 13.3 Å². The van der Waals surface area contributed by atoms with Crippen molar-refractivity contribution in [2.24, 2.45) is 0 Å². The molecule has 1 amide bonds. The van der Waals surface area contributed by atoms with Gasteiger partial charge in [0.1, 0.15) is 28.8 Å². The molecule has 3 rings (SSSR count). The molecule has 27 heavy (non-hydrogen) atoms. The number of nitrogens with zero attached hydrogens (tertiary/aromatic N) is 3. The summed E-state index contributed by atoms with van der Waals surface area (Å²) in [5.74, 6) is 2.51. The Labute approximate surface area is 156 Å². The second-order valence-electron chi connectivity index (χ2n) is 5.70. The number of hydrogen-bond donors (Lipinski definition) is 3. The van der Waals surface area contributed by atoms with Gasteiger partial charge in [0.05, 0.1) is 20.4 Å². The van der Waals surface area contributed by atoms with Gasteiger partial charge in [-0.3, -0.25) is 4.79 Å². The van der Waals surface area contributed by atoms with Crippen LogP contribution in [0, 0.1) is 0 Å². The number of aromatic nitrogens is 3. The zero-order valence-electron chi connectivity index (χ0n) is 15.7. The number of ether oxygens (including phenoxy) is 2. The molecule has 9 nitrogen and oxygen atoms in total. The first-order valence-corrected chi connectivity index (χ1v) is 8.44. The molecule has 0 aliphatic heterocycles. The van der Waals surface area contributed by atoms with Gasteiger partial charge >= 0.3 is 0 Å². The molecular formula is C18H22N6O3. The number of amides is 1. The zero-order valence-corrected chi connectivity index (χ0v) is 15.7.